The highest BCUT2D eigenvalue weighted by Crippen LogP contribution is 2.22. The van der Waals surface area contributed by atoms with E-state index in [1.165, 1.54) is 5.56 Å². The SMILES string of the molecule is CCC(C)C(N)CN(C)C(C)c1cccc(Cl)c1. The van der Waals surface area contributed by atoms with Crippen LogP contribution < -0.4 is 5.73 Å². The van der Waals surface area contributed by atoms with Gasteiger partial charge in [-0.2, -0.15) is 0 Å². The fourth-order valence-electron chi connectivity index (χ4n) is 1.99. The molecule has 3 unspecified atom stereocenters. The molecule has 2 N–H and O–H groups in total. The minimum Gasteiger partial charge on any atom is -0.326 e. The average Bonchev–Trinajstić information content (AvgIpc) is 2.36. The zero-order valence-corrected chi connectivity index (χ0v) is 12.6. The van der Waals surface area contributed by atoms with Gasteiger partial charge in [0, 0.05) is 23.7 Å². The molecule has 0 saturated carbocycles. The highest BCUT2D eigenvalue weighted by Gasteiger charge is 2.17. The first-order valence-electron chi connectivity index (χ1n) is 6.67. The Labute approximate surface area is 116 Å². The summed E-state index contributed by atoms with van der Waals surface area (Å²) >= 11 is 6.03. The highest BCUT2D eigenvalue weighted by atomic mass is 35.5. The van der Waals surface area contributed by atoms with E-state index < -0.39 is 0 Å². The van der Waals surface area contributed by atoms with Crippen molar-refractivity contribution in [1.29, 1.82) is 0 Å². The number of rotatable bonds is 6. The predicted octanol–water partition coefficient (Wildman–Crippen LogP) is 3.71. The molecule has 102 valence electrons. The van der Waals surface area contributed by atoms with E-state index in [0.29, 0.717) is 12.0 Å². The van der Waals surface area contributed by atoms with Crippen LogP contribution in [0.25, 0.3) is 0 Å². The van der Waals surface area contributed by atoms with Crippen molar-refractivity contribution in [2.75, 3.05) is 13.6 Å². The molecule has 2 nitrogen and oxygen atoms in total. The second-order valence-electron chi connectivity index (χ2n) is 5.22. The molecule has 0 bridgehead atoms. The molecule has 0 radical (unpaired) electrons. The summed E-state index contributed by atoms with van der Waals surface area (Å²) in [5, 5.41) is 0.791. The van der Waals surface area contributed by atoms with Gasteiger partial charge in [-0.15, -0.1) is 0 Å². The molecule has 0 saturated heterocycles. The Morgan fingerprint density at radius 3 is 2.56 bits per heavy atom. The summed E-state index contributed by atoms with van der Waals surface area (Å²) in [6.07, 6.45) is 1.13. The largest absolute Gasteiger partial charge is 0.326 e. The molecule has 18 heavy (non-hydrogen) atoms. The lowest BCUT2D eigenvalue weighted by molar-refractivity contribution is 0.222. The molecule has 0 fully saturated rings. The quantitative estimate of drug-likeness (QED) is 0.852. The Morgan fingerprint density at radius 2 is 2.00 bits per heavy atom. The molecule has 1 aromatic rings. The molecule has 1 rings (SSSR count). The summed E-state index contributed by atoms with van der Waals surface area (Å²) in [7, 11) is 2.12. The summed E-state index contributed by atoms with van der Waals surface area (Å²) in [6, 6.07) is 8.60. The molecule has 3 atom stereocenters. The van der Waals surface area contributed by atoms with E-state index in [0.717, 1.165) is 18.0 Å². The Hall–Kier alpha value is -0.570. The number of benzene rings is 1. The molecular formula is C15H25ClN2. The van der Waals surface area contributed by atoms with Gasteiger partial charge >= 0.3 is 0 Å². The van der Waals surface area contributed by atoms with E-state index in [1.807, 2.05) is 18.2 Å². The summed E-state index contributed by atoms with van der Waals surface area (Å²) < 4.78 is 0. The smallest absolute Gasteiger partial charge is 0.0409 e. The third-order valence-corrected chi connectivity index (χ3v) is 4.10. The zero-order valence-electron chi connectivity index (χ0n) is 11.9. The standard InChI is InChI=1S/C15H25ClN2/c1-5-11(2)15(17)10-18(4)12(3)13-7-6-8-14(16)9-13/h6-9,11-12,15H,5,10,17H2,1-4H3. The van der Waals surface area contributed by atoms with E-state index >= 15 is 0 Å². The zero-order chi connectivity index (χ0) is 13.7. The third kappa shape index (κ3) is 4.27. The average molecular weight is 269 g/mol. The maximum Gasteiger partial charge on any atom is 0.0409 e. The van der Waals surface area contributed by atoms with Gasteiger partial charge in [-0.3, -0.25) is 4.90 Å². The minimum atomic E-state index is 0.224. The number of nitrogens with zero attached hydrogens (tertiary/aromatic N) is 1. The second-order valence-corrected chi connectivity index (χ2v) is 5.66. The summed E-state index contributed by atoms with van der Waals surface area (Å²) in [5.74, 6) is 0.555. The van der Waals surface area contributed by atoms with E-state index in [2.05, 4.69) is 38.8 Å². The van der Waals surface area contributed by atoms with Gasteiger partial charge in [-0.05, 0) is 37.6 Å². The fraction of sp³-hybridized carbons (Fsp3) is 0.600. The lowest BCUT2D eigenvalue weighted by Crippen LogP contribution is -2.40. The Kier molecular flexibility index (Phi) is 6.13. The predicted molar refractivity (Wildman–Crippen MR) is 79.9 cm³/mol. The van der Waals surface area contributed by atoms with Crippen molar-refractivity contribution in [1.82, 2.24) is 4.90 Å². The number of halogens is 1. The number of hydrogen-bond donors (Lipinski definition) is 1. The maximum absolute atomic E-state index is 6.21. The van der Waals surface area contributed by atoms with Crippen LogP contribution in [0, 0.1) is 5.92 Å². The van der Waals surface area contributed by atoms with E-state index in [-0.39, 0.29) is 6.04 Å². The maximum atomic E-state index is 6.21. The van der Waals surface area contributed by atoms with Crippen LogP contribution in [0.1, 0.15) is 38.8 Å². The Balaban J connectivity index is 2.64. The first-order valence-corrected chi connectivity index (χ1v) is 7.04. The number of hydrogen-bond acceptors (Lipinski definition) is 2. The summed E-state index contributed by atoms with van der Waals surface area (Å²) in [4.78, 5) is 2.29. The first kappa shape index (κ1) is 15.5. The summed E-state index contributed by atoms with van der Waals surface area (Å²) in [6.45, 7) is 7.49. The molecule has 0 aliphatic rings. The monoisotopic (exact) mass is 268 g/mol. The van der Waals surface area contributed by atoms with Crippen LogP contribution in [0.3, 0.4) is 0 Å². The van der Waals surface area contributed by atoms with Crippen LogP contribution in [-0.4, -0.2) is 24.5 Å². The molecule has 0 aromatic heterocycles. The number of nitrogens with two attached hydrogens (primary N) is 1. The molecule has 0 aliphatic heterocycles. The molecule has 0 amide bonds. The Bertz CT molecular complexity index is 367. The van der Waals surface area contributed by atoms with Gasteiger partial charge in [0.05, 0.1) is 0 Å². The van der Waals surface area contributed by atoms with E-state index in [4.69, 9.17) is 17.3 Å². The van der Waals surface area contributed by atoms with Crippen molar-refractivity contribution in [3.63, 3.8) is 0 Å². The van der Waals surface area contributed by atoms with Crippen LogP contribution in [0.2, 0.25) is 5.02 Å². The van der Waals surface area contributed by atoms with Crippen molar-refractivity contribution in [2.45, 2.75) is 39.3 Å². The Morgan fingerprint density at radius 1 is 1.33 bits per heavy atom. The first-order chi connectivity index (χ1) is 8.45. The van der Waals surface area contributed by atoms with Crippen LogP contribution in [0.5, 0.6) is 0 Å². The van der Waals surface area contributed by atoms with Crippen LogP contribution in [0.15, 0.2) is 24.3 Å². The minimum absolute atomic E-state index is 0.224. The van der Waals surface area contributed by atoms with Gasteiger partial charge in [-0.25, -0.2) is 0 Å². The summed E-state index contributed by atoms with van der Waals surface area (Å²) in [5.41, 5.74) is 7.44. The van der Waals surface area contributed by atoms with Gasteiger partial charge in [0.15, 0.2) is 0 Å². The van der Waals surface area contributed by atoms with Crippen LogP contribution in [0.4, 0.5) is 0 Å². The van der Waals surface area contributed by atoms with Crippen molar-refractivity contribution in [2.24, 2.45) is 11.7 Å². The van der Waals surface area contributed by atoms with Crippen molar-refractivity contribution >= 4 is 11.6 Å². The second kappa shape index (κ2) is 7.13. The van der Waals surface area contributed by atoms with Gasteiger partial charge < -0.3 is 5.73 Å². The molecular weight excluding hydrogens is 244 g/mol. The van der Waals surface area contributed by atoms with E-state index in [9.17, 15) is 0 Å². The normalized spacial score (nSPS) is 16.6. The van der Waals surface area contributed by atoms with Crippen molar-refractivity contribution in [3.8, 4) is 0 Å². The van der Waals surface area contributed by atoms with Gasteiger partial charge in [0.2, 0.25) is 0 Å². The highest BCUT2D eigenvalue weighted by molar-refractivity contribution is 6.30. The van der Waals surface area contributed by atoms with Gasteiger partial charge in [0.25, 0.3) is 0 Å². The van der Waals surface area contributed by atoms with Crippen LogP contribution in [-0.2, 0) is 0 Å². The lowest BCUT2D eigenvalue weighted by Gasteiger charge is -2.30. The van der Waals surface area contributed by atoms with Crippen molar-refractivity contribution < 1.29 is 0 Å². The third-order valence-electron chi connectivity index (χ3n) is 3.87. The molecule has 0 heterocycles. The van der Waals surface area contributed by atoms with E-state index in [1.54, 1.807) is 0 Å². The molecule has 0 aliphatic carbocycles. The van der Waals surface area contributed by atoms with Crippen LogP contribution >= 0.6 is 11.6 Å². The van der Waals surface area contributed by atoms with Gasteiger partial charge in [-0.1, -0.05) is 44.0 Å². The molecule has 3 heteroatoms. The van der Waals surface area contributed by atoms with Gasteiger partial charge in [0.1, 0.15) is 0 Å². The lowest BCUT2D eigenvalue weighted by atomic mass is 9.98. The molecule has 0 spiro atoms. The fourth-order valence-corrected chi connectivity index (χ4v) is 2.19. The molecule has 1 aromatic carbocycles. The van der Waals surface area contributed by atoms with Crippen molar-refractivity contribution in [3.05, 3.63) is 34.9 Å². The topological polar surface area (TPSA) is 29.3 Å². The number of likely N-dealkylation sites (N-methyl/N-ethyl adjacent to an activating group) is 1.